The first-order valence-electron chi connectivity index (χ1n) is 6.22. The van der Waals surface area contributed by atoms with Crippen LogP contribution in [0.25, 0.3) is 0 Å². The van der Waals surface area contributed by atoms with Gasteiger partial charge in [-0.2, -0.15) is 0 Å². The quantitative estimate of drug-likeness (QED) is 0.491. The molecule has 0 aromatic rings. The Labute approximate surface area is 116 Å². The summed E-state index contributed by atoms with van der Waals surface area (Å²) in [6.07, 6.45) is -1.78. The summed E-state index contributed by atoms with van der Waals surface area (Å²) in [5.41, 5.74) is 5.50. The van der Waals surface area contributed by atoms with E-state index in [1.54, 1.807) is 0 Å². The van der Waals surface area contributed by atoms with Gasteiger partial charge in [-0.25, -0.2) is 4.79 Å². The first-order chi connectivity index (χ1) is 9.41. The van der Waals surface area contributed by atoms with Crippen molar-refractivity contribution in [1.29, 1.82) is 0 Å². The Hall–Kier alpha value is -2.22. The topological polar surface area (TPSA) is 117 Å². The lowest BCUT2D eigenvalue weighted by Gasteiger charge is -2.32. The molecule has 2 fully saturated rings. The predicted octanol–water partition coefficient (Wildman–Crippen LogP) is -1.41. The van der Waals surface area contributed by atoms with Gasteiger partial charge in [0.25, 0.3) is 0 Å². The Morgan fingerprint density at radius 2 is 2.25 bits per heavy atom. The van der Waals surface area contributed by atoms with Gasteiger partial charge in [0.2, 0.25) is 0 Å². The summed E-state index contributed by atoms with van der Waals surface area (Å²) in [6, 6.07) is -1.40. The van der Waals surface area contributed by atoms with Gasteiger partial charge in [0, 0.05) is 13.0 Å². The van der Waals surface area contributed by atoms with Crippen molar-refractivity contribution < 1.29 is 19.4 Å². The third kappa shape index (κ3) is 2.55. The third-order valence-electron chi connectivity index (χ3n) is 3.33. The zero-order chi connectivity index (χ0) is 14.9. The van der Waals surface area contributed by atoms with Gasteiger partial charge in [0.05, 0.1) is 17.9 Å². The molecule has 0 aromatic carbocycles. The highest BCUT2D eigenvalue weighted by molar-refractivity contribution is 5.84. The molecule has 0 spiro atoms. The van der Waals surface area contributed by atoms with Crippen LogP contribution in [0, 0.1) is 0 Å². The first-order valence-corrected chi connectivity index (χ1v) is 6.22. The summed E-state index contributed by atoms with van der Waals surface area (Å²) in [5, 5.41) is 15.8. The van der Waals surface area contributed by atoms with Crippen LogP contribution < -0.4 is 16.4 Å². The monoisotopic (exact) mass is 282 g/mol. The van der Waals surface area contributed by atoms with E-state index in [0.29, 0.717) is 5.82 Å². The molecule has 0 aromatic heterocycles. The number of ether oxygens (including phenoxy) is 1. The Morgan fingerprint density at radius 1 is 1.55 bits per heavy atom. The van der Waals surface area contributed by atoms with Gasteiger partial charge < -0.3 is 26.2 Å². The number of carbonyl (C=O) groups is 2. The van der Waals surface area contributed by atoms with Gasteiger partial charge in [-0.15, -0.1) is 0 Å². The van der Waals surface area contributed by atoms with Gasteiger partial charge in [-0.3, -0.25) is 9.69 Å². The molecule has 2 heterocycles. The van der Waals surface area contributed by atoms with Crippen molar-refractivity contribution in [3.05, 3.63) is 24.8 Å². The summed E-state index contributed by atoms with van der Waals surface area (Å²) in [7, 11) is 0. The normalized spacial score (nSPS) is 30.6. The lowest BCUT2D eigenvalue weighted by molar-refractivity contribution is -0.128. The van der Waals surface area contributed by atoms with Crippen molar-refractivity contribution in [2.45, 2.75) is 24.6 Å². The maximum atomic E-state index is 11.9. The first kappa shape index (κ1) is 14.2. The van der Waals surface area contributed by atoms with Gasteiger partial charge in [0.1, 0.15) is 18.5 Å². The molecule has 110 valence electrons. The molecule has 0 saturated carbocycles. The number of hydrogen-bond acceptors (Lipinski definition) is 7. The van der Waals surface area contributed by atoms with Gasteiger partial charge in [0.15, 0.2) is 5.78 Å². The number of Topliss-reactive ketones (excluding diaryl/α,β-unsaturated/α-hetero) is 1. The molecule has 2 aliphatic heterocycles. The number of nitrogens with zero attached hydrogens (tertiary/aromatic N) is 1. The number of aliphatic hydroxyl groups excluding tert-OH is 1. The summed E-state index contributed by atoms with van der Waals surface area (Å²) in [5.74, 6) is 0.0676. The highest BCUT2D eigenvalue weighted by Crippen LogP contribution is 2.23. The second kappa shape index (κ2) is 5.41. The second-order valence-electron chi connectivity index (χ2n) is 4.74. The SMILES string of the molecule is C=C(N)N[C@H]1C2COC(=O)N2C(=C)NCCC(=O)[C@@H]1O. The molecule has 0 bridgehead atoms. The van der Waals surface area contributed by atoms with E-state index in [2.05, 4.69) is 23.8 Å². The average Bonchev–Trinajstić information content (AvgIpc) is 2.76. The molecule has 0 radical (unpaired) electrons. The van der Waals surface area contributed by atoms with Crippen LogP contribution in [0.1, 0.15) is 6.42 Å². The van der Waals surface area contributed by atoms with Crippen LogP contribution in [0.15, 0.2) is 24.8 Å². The van der Waals surface area contributed by atoms with Crippen LogP contribution in [0.4, 0.5) is 4.79 Å². The van der Waals surface area contributed by atoms with Crippen molar-refractivity contribution in [2.75, 3.05) is 13.2 Å². The van der Waals surface area contributed by atoms with Crippen molar-refractivity contribution in [2.24, 2.45) is 5.73 Å². The minimum absolute atomic E-state index is 0.0226. The van der Waals surface area contributed by atoms with E-state index >= 15 is 0 Å². The molecule has 2 aliphatic rings. The van der Waals surface area contributed by atoms with Crippen molar-refractivity contribution in [1.82, 2.24) is 15.5 Å². The van der Waals surface area contributed by atoms with E-state index in [1.165, 1.54) is 4.90 Å². The predicted molar refractivity (Wildman–Crippen MR) is 70.0 cm³/mol. The number of rotatable bonds is 2. The molecule has 5 N–H and O–H groups in total. The zero-order valence-electron chi connectivity index (χ0n) is 11.0. The summed E-state index contributed by atoms with van der Waals surface area (Å²) in [6.45, 7) is 7.56. The van der Waals surface area contributed by atoms with E-state index in [9.17, 15) is 14.7 Å². The Morgan fingerprint density at radius 3 is 2.90 bits per heavy atom. The number of nitrogens with one attached hydrogen (secondary N) is 2. The Kier molecular flexibility index (Phi) is 3.84. The minimum Gasteiger partial charge on any atom is -0.447 e. The van der Waals surface area contributed by atoms with Crippen molar-refractivity contribution in [3.8, 4) is 0 Å². The third-order valence-corrected chi connectivity index (χ3v) is 3.33. The fourth-order valence-electron chi connectivity index (χ4n) is 2.37. The van der Waals surface area contributed by atoms with E-state index in [-0.39, 0.29) is 31.2 Å². The van der Waals surface area contributed by atoms with Crippen molar-refractivity contribution >= 4 is 11.9 Å². The summed E-state index contributed by atoms with van der Waals surface area (Å²) >= 11 is 0. The standard InChI is InChI=1S/C12H18N4O4/c1-6(13)15-10-8-5-20-12(19)16(8)7(2)14-4-3-9(17)11(10)18/h8,10-11,14-15,18H,1-5,13H2/t8?,10-,11-/m0/s1. The maximum Gasteiger partial charge on any atom is 0.415 e. The molecule has 1 unspecified atom stereocenters. The molecule has 0 aliphatic carbocycles. The highest BCUT2D eigenvalue weighted by atomic mass is 16.6. The molecule has 2 saturated heterocycles. The fourth-order valence-corrected chi connectivity index (χ4v) is 2.37. The Balaban J connectivity index is 2.35. The lowest BCUT2D eigenvalue weighted by atomic mass is 9.97. The molecule has 2 rings (SSSR count). The van der Waals surface area contributed by atoms with E-state index in [4.69, 9.17) is 10.5 Å². The molecule has 8 nitrogen and oxygen atoms in total. The van der Waals surface area contributed by atoms with Crippen LogP contribution in [0.2, 0.25) is 0 Å². The van der Waals surface area contributed by atoms with Crippen LogP contribution in [0.5, 0.6) is 0 Å². The number of aliphatic hydroxyl groups is 1. The van der Waals surface area contributed by atoms with Crippen LogP contribution in [0.3, 0.4) is 0 Å². The smallest absolute Gasteiger partial charge is 0.415 e. The highest BCUT2D eigenvalue weighted by Gasteiger charge is 2.45. The van der Waals surface area contributed by atoms with E-state index < -0.39 is 24.3 Å². The number of nitrogens with two attached hydrogens (primary N) is 1. The van der Waals surface area contributed by atoms with Gasteiger partial charge >= 0.3 is 6.09 Å². The molecule has 1 amide bonds. The van der Waals surface area contributed by atoms with Crippen LogP contribution in [-0.2, 0) is 9.53 Å². The number of cyclic esters (lactones) is 1. The van der Waals surface area contributed by atoms with Crippen LogP contribution >= 0.6 is 0 Å². The summed E-state index contributed by atoms with van der Waals surface area (Å²) in [4.78, 5) is 25.0. The van der Waals surface area contributed by atoms with E-state index in [0.717, 1.165) is 0 Å². The number of ketones is 1. The van der Waals surface area contributed by atoms with Crippen molar-refractivity contribution in [3.63, 3.8) is 0 Å². The molecule has 3 atom stereocenters. The average molecular weight is 282 g/mol. The number of fused-ring (bicyclic) bond motifs is 1. The van der Waals surface area contributed by atoms with E-state index in [1.807, 2.05) is 0 Å². The zero-order valence-corrected chi connectivity index (χ0v) is 11.0. The van der Waals surface area contributed by atoms with Gasteiger partial charge in [-0.1, -0.05) is 13.2 Å². The summed E-state index contributed by atoms with van der Waals surface area (Å²) < 4.78 is 4.97. The fraction of sp³-hybridized carbons (Fsp3) is 0.500. The van der Waals surface area contributed by atoms with Gasteiger partial charge in [-0.05, 0) is 0 Å². The largest absolute Gasteiger partial charge is 0.447 e. The molecular weight excluding hydrogens is 264 g/mol. The molecule has 8 heteroatoms. The maximum absolute atomic E-state index is 11.9. The number of amides is 1. The number of hydrogen-bond donors (Lipinski definition) is 4. The molecular formula is C12H18N4O4. The Bertz CT molecular complexity index is 464. The minimum atomic E-state index is -1.31. The number of carbonyl (C=O) groups excluding carboxylic acids is 2. The molecule has 20 heavy (non-hydrogen) atoms. The second-order valence-corrected chi connectivity index (χ2v) is 4.74. The van der Waals surface area contributed by atoms with Crippen LogP contribution in [-0.4, -0.2) is 53.2 Å². The lowest BCUT2D eigenvalue weighted by Crippen LogP contribution is -2.57.